The Labute approximate surface area is 166 Å². The second-order valence-electron chi connectivity index (χ2n) is 7.58. The molecule has 0 radical (unpaired) electrons. The third-order valence-electron chi connectivity index (χ3n) is 5.36. The van der Waals surface area contributed by atoms with Crippen LogP contribution in [-0.4, -0.2) is 40.1 Å². The van der Waals surface area contributed by atoms with Gasteiger partial charge in [-0.1, -0.05) is 24.3 Å². The number of amides is 1. The molecule has 1 aliphatic heterocycles. The largest absolute Gasteiger partial charge is 0.490 e. The highest BCUT2D eigenvalue weighted by Crippen LogP contribution is 2.23. The van der Waals surface area contributed by atoms with Crippen molar-refractivity contribution in [1.82, 2.24) is 25.6 Å². The van der Waals surface area contributed by atoms with Crippen LogP contribution in [0.25, 0.3) is 0 Å². The van der Waals surface area contributed by atoms with E-state index in [2.05, 4.69) is 27.9 Å². The van der Waals surface area contributed by atoms with E-state index < -0.39 is 0 Å². The van der Waals surface area contributed by atoms with Crippen LogP contribution < -0.4 is 15.4 Å². The van der Waals surface area contributed by atoms with Gasteiger partial charge in [-0.25, -0.2) is 4.68 Å². The molecule has 0 saturated carbocycles. The molecule has 0 bridgehead atoms. The third kappa shape index (κ3) is 4.70. The Morgan fingerprint density at radius 2 is 2.11 bits per heavy atom. The lowest BCUT2D eigenvalue weighted by Crippen LogP contribution is -2.30. The highest BCUT2D eigenvalue weighted by molar-refractivity contribution is 5.93. The van der Waals surface area contributed by atoms with E-state index in [0.717, 1.165) is 54.9 Å². The maximum absolute atomic E-state index is 12.7. The van der Waals surface area contributed by atoms with Crippen molar-refractivity contribution >= 4 is 5.91 Å². The maximum Gasteiger partial charge on any atom is 0.274 e. The van der Waals surface area contributed by atoms with E-state index >= 15 is 0 Å². The zero-order valence-electron chi connectivity index (χ0n) is 17.3. The van der Waals surface area contributed by atoms with Gasteiger partial charge in [-0.3, -0.25) is 4.79 Å². The van der Waals surface area contributed by atoms with Crippen LogP contribution in [0.4, 0.5) is 0 Å². The van der Waals surface area contributed by atoms with E-state index in [9.17, 15) is 4.79 Å². The van der Waals surface area contributed by atoms with Crippen LogP contribution in [0.2, 0.25) is 0 Å². The molecule has 28 heavy (non-hydrogen) atoms. The van der Waals surface area contributed by atoms with Crippen molar-refractivity contribution in [2.45, 2.75) is 65.6 Å². The van der Waals surface area contributed by atoms with Crippen molar-refractivity contribution in [3.63, 3.8) is 0 Å². The van der Waals surface area contributed by atoms with E-state index in [1.165, 1.54) is 0 Å². The number of piperidine rings is 1. The first-order valence-electron chi connectivity index (χ1n) is 10.2. The van der Waals surface area contributed by atoms with Gasteiger partial charge >= 0.3 is 0 Å². The molecule has 7 heteroatoms. The molecule has 0 spiro atoms. The second kappa shape index (κ2) is 9.19. The van der Waals surface area contributed by atoms with E-state index in [1.807, 2.05) is 43.7 Å². The molecule has 2 aromatic rings. The number of nitrogens with one attached hydrogen (secondary N) is 2. The van der Waals surface area contributed by atoms with E-state index in [-0.39, 0.29) is 12.0 Å². The lowest BCUT2D eigenvalue weighted by Gasteiger charge is -2.23. The van der Waals surface area contributed by atoms with Crippen LogP contribution in [0.1, 0.15) is 66.5 Å². The molecule has 1 aliphatic rings. The van der Waals surface area contributed by atoms with Crippen LogP contribution in [0, 0.1) is 13.8 Å². The zero-order chi connectivity index (χ0) is 20.1. The summed E-state index contributed by atoms with van der Waals surface area (Å²) in [6.07, 6.45) is 3.07. The van der Waals surface area contributed by atoms with Crippen LogP contribution in [0.3, 0.4) is 0 Å². The molecule has 0 aliphatic carbocycles. The fourth-order valence-electron chi connectivity index (χ4n) is 3.43. The molecule has 2 heterocycles. The van der Waals surface area contributed by atoms with Crippen LogP contribution in [-0.2, 0) is 6.54 Å². The van der Waals surface area contributed by atoms with Gasteiger partial charge in [0, 0.05) is 12.1 Å². The second-order valence-corrected chi connectivity index (χ2v) is 7.58. The minimum absolute atomic E-state index is 0.128. The van der Waals surface area contributed by atoms with Crippen LogP contribution in [0.15, 0.2) is 18.2 Å². The molecule has 3 rings (SSSR count). The molecule has 7 nitrogen and oxygen atoms in total. The van der Waals surface area contributed by atoms with Gasteiger partial charge in [0.15, 0.2) is 5.69 Å². The highest BCUT2D eigenvalue weighted by Gasteiger charge is 2.23. The van der Waals surface area contributed by atoms with E-state index in [0.29, 0.717) is 18.3 Å². The van der Waals surface area contributed by atoms with Gasteiger partial charge in [0.25, 0.3) is 5.91 Å². The summed E-state index contributed by atoms with van der Waals surface area (Å²) in [6, 6.07) is 6.37. The average Bonchev–Trinajstić information content (AvgIpc) is 3.09. The summed E-state index contributed by atoms with van der Waals surface area (Å²) >= 11 is 0. The zero-order valence-corrected chi connectivity index (χ0v) is 17.3. The number of aromatic nitrogens is 3. The van der Waals surface area contributed by atoms with Crippen molar-refractivity contribution in [1.29, 1.82) is 0 Å². The smallest absolute Gasteiger partial charge is 0.274 e. The van der Waals surface area contributed by atoms with Crippen molar-refractivity contribution in [2.24, 2.45) is 0 Å². The Hall–Kier alpha value is -2.41. The molecule has 1 aromatic carbocycles. The first-order valence-corrected chi connectivity index (χ1v) is 10.2. The highest BCUT2D eigenvalue weighted by atomic mass is 16.5. The Kier molecular flexibility index (Phi) is 6.67. The van der Waals surface area contributed by atoms with Gasteiger partial charge in [-0.05, 0) is 64.8 Å². The number of carbonyl (C=O) groups excluding carboxylic acids is 1. The predicted octanol–water partition coefficient (Wildman–Crippen LogP) is 2.93. The van der Waals surface area contributed by atoms with E-state index in [4.69, 9.17) is 4.74 Å². The summed E-state index contributed by atoms with van der Waals surface area (Å²) in [4.78, 5) is 12.7. The molecule has 1 atom stereocenters. The lowest BCUT2D eigenvalue weighted by molar-refractivity contribution is 0.0944. The molecule has 1 amide bonds. The number of carbonyl (C=O) groups is 1. The molecular formula is C21H31N5O2. The van der Waals surface area contributed by atoms with Gasteiger partial charge in [-0.15, -0.1) is 5.10 Å². The average molecular weight is 386 g/mol. The molecule has 1 aromatic heterocycles. The number of hydrogen-bond acceptors (Lipinski definition) is 5. The summed E-state index contributed by atoms with van der Waals surface area (Å²) < 4.78 is 7.93. The van der Waals surface area contributed by atoms with Crippen molar-refractivity contribution in [3.8, 4) is 5.75 Å². The molecule has 1 unspecified atom stereocenters. The number of nitrogens with zero attached hydrogens (tertiary/aromatic N) is 3. The number of rotatable bonds is 7. The number of aryl methyl sites for hydroxylation is 1. The standard InChI is InChI=1S/C21H31N5O2/c1-5-15(3)28-19-12-14(2)6-7-17(19)13-23-21(27)20-16(4)26(25-24-20)18-8-10-22-11-9-18/h6-7,12,15,18,22H,5,8-11,13H2,1-4H3,(H,23,27). The first kappa shape index (κ1) is 20.3. The van der Waals surface area contributed by atoms with Gasteiger partial charge in [0.1, 0.15) is 5.75 Å². The lowest BCUT2D eigenvalue weighted by atomic mass is 10.1. The van der Waals surface area contributed by atoms with Gasteiger partial charge in [0.05, 0.1) is 17.8 Å². The Bertz CT molecular complexity index is 811. The van der Waals surface area contributed by atoms with Crippen LogP contribution >= 0.6 is 0 Å². The van der Waals surface area contributed by atoms with Crippen molar-refractivity contribution in [2.75, 3.05) is 13.1 Å². The van der Waals surface area contributed by atoms with E-state index in [1.54, 1.807) is 0 Å². The van der Waals surface area contributed by atoms with Crippen LogP contribution in [0.5, 0.6) is 5.75 Å². The maximum atomic E-state index is 12.7. The Morgan fingerprint density at radius 3 is 2.82 bits per heavy atom. The minimum Gasteiger partial charge on any atom is -0.490 e. The molecular weight excluding hydrogens is 354 g/mol. The normalized spacial score (nSPS) is 16.0. The Morgan fingerprint density at radius 1 is 1.36 bits per heavy atom. The molecule has 1 fully saturated rings. The number of hydrogen-bond donors (Lipinski definition) is 2. The third-order valence-corrected chi connectivity index (χ3v) is 5.36. The monoisotopic (exact) mass is 385 g/mol. The Balaban J connectivity index is 1.68. The minimum atomic E-state index is -0.201. The molecule has 1 saturated heterocycles. The summed E-state index contributed by atoms with van der Waals surface area (Å²) in [5.41, 5.74) is 3.32. The summed E-state index contributed by atoms with van der Waals surface area (Å²) in [7, 11) is 0. The van der Waals surface area contributed by atoms with Gasteiger partial charge < -0.3 is 15.4 Å². The number of ether oxygens (including phenoxy) is 1. The fourth-order valence-corrected chi connectivity index (χ4v) is 3.43. The summed E-state index contributed by atoms with van der Waals surface area (Å²) in [6.45, 7) is 10.4. The summed E-state index contributed by atoms with van der Waals surface area (Å²) in [5, 5.41) is 14.7. The fraction of sp³-hybridized carbons (Fsp3) is 0.571. The number of benzene rings is 1. The molecule has 152 valence electrons. The summed E-state index contributed by atoms with van der Waals surface area (Å²) in [5.74, 6) is 0.623. The van der Waals surface area contributed by atoms with Gasteiger partial charge in [0.2, 0.25) is 0 Å². The quantitative estimate of drug-likeness (QED) is 0.766. The predicted molar refractivity (Wildman–Crippen MR) is 109 cm³/mol. The van der Waals surface area contributed by atoms with Crippen molar-refractivity contribution in [3.05, 3.63) is 40.7 Å². The first-order chi connectivity index (χ1) is 13.5. The van der Waals surface area contributed by atoms with Gasteiger partial charge in [-0.2, -0.15) is 0 Å². The SMILES string of the molecule is CCC(C)Oc1cc(C)ccc1CNC(=O)c1nnn(C2CCNCC2)c1C. The van der Waals surface area contributed by atoms with Crippen molar-refractivity contribution < 1.29 is 9.53 Å². The molecule has 2 N–H and O–H groups in total. The topological polar surface area (TPSA) is 81.1 Å².